The third-order valence-corrected chi connectivity index (χ3v) is 5.11. The first-order valence-corrected chi connectivity index (χ1v) is 7.59. The van der Waals surface area contributed by atoms with Gasteiger partial charge in [0.05, 0.1) is 5.60 Å². The molecule has 2 unspecified atom stereocenters. The average molecular weight is 258 g/mol. The lowest BCUT2D eigenvalue weighted by Gasteiger charge is -2.32. The van der Waals surface area contributed by atoms with E-state index in [-0.39, 0.29) is 12.1 Å². The number of amides is 2. The normalized spacial score (nSPS) is 30.7. The third kappa shape index (κ3) is 3.52. The predicted octanol–water partition coefficient (Wildman–Crippen LogP) is 1.34. The van der Waals surface area contributed by atoms with Crippen molar-refractivity contribution in [2.75, 3.05) is 18.1 Å². The molecule has 17 heavy (non-hydrogen) atoms. The standard InChI is InChI=1S/C12H22N2O2S/c1-9(10-3-2-4-10)14-11(15)13-7-12(16)5-6-17-8-12/h9-10,16H,2-8H2,1H3,(H2,13,14,15). The molecule has 1 aliphatic carbocycles. The lowest BCUT2D eigenvalue weighted by Crippen LogP contribution is -2.50. The number of hydrogen-bond donors (Lipinski definition) is 3. The minimum atomic E-state index is -0.693. The van der Waals surface area contributed by atoms with E-state index in [4.69, 9.17) is 0 Å². The molecule has 2 rings (SSSR count). The first-order valence-electron chi connectivity index (χ1n) is 6.44. The van der Waals surface area contributed by atoms with E-state index in [0.717, 1.165) is 17.9 Å². The first-order chi connectivity index (χ1) is 8.09. The zero-order valence-corrected chi connectivity index (χ0v) is 11.2. The van der Waals surface area contributed by atoms with Gasteiger partial charge in [-0.3, -0.25) is 0 Å². The summed E-state index contributed by atoms with van der Waals surface area (Å²) < 4.78 is 0. The molecule has 5 heteroatoms. The van der Waals surface area contributed by atoms with E-state index < -0.39 is 5.60 Å². The number of hydrogen-bond acceptors (Lipinski definition) is 3. The largest absolute Gasteiger partial charge is 0.387 e. The Hall–Kier alpha value is -0.420. The predicted molar refractivity (Wildman–Crippen MR) is 70.2 cm³/mol. The molecule has 0 aromatic rings. The highest BCUT2D eigenvalue weighted by Gasteiger charge is 2.32. The van der Waals surface area contributed by atoms with Gasteiger partial charge in [-0.25, -0.2) is 4.79 Å². The minimum Gasteiger partial charge on any atom is -0.387 e. The highest BCUT2D eigenvalue weighted by Crippen LogP contribution is 2.29. The van der Waals surface area contributed by atoms with Crippen molar-refractivity contribution in [3.05, 3.63) is 0 Å². The van der Waals surface area contributed by atoms with Crippen LogP contribution in [0.2, 0.25) is 0 Å². The first kappa shape index (κ1) is 13.0. The summed E-state index contributed by atoms with van der Waals surface area (Å²) in [6.07, 6.45) is 4.51. The second kappa shape index (κ2) is 5.48. The number of aliphatic hydroxyl groups is 1. The smallest absolute Gasteiger partial charge is 0.315 e. The summed E-state index contributed by atoms with van der Waals surface area (Å²) in [4.78, 5) is 11.7. The van der Waals surface area contributed by atoms with E-state index in [2.05, 4.69) is 17.6 Å². The summed E-state index contributed by atoms with van der Waals surface area (Å²) in [5.74, 6) is 2.36. The van der Waals surface area contributed by atoms with Crippen LogP contribution in [-0.2, 0) is 0 Å². The zero-order chi connectivity index (χ0) is 12.3. The Balaban J connectivity index is 1.66. The molecule has 1 saturated carbocycles. The highest BCUT2D eigenvalue weighted by molar-refractivity contribution is 7.99. The molecule has 2 aliphatic rings. The van der Waals surface area contributed by atoms with Gasteiger partial charge < -0.3 is 15.7 Å². The molecular weight excluding hydrogens is 236 g/mol. The molecule has 1 heterocycles. The van der Waals surface area contributed by atoms with Crippen LogP contribution in [0.1, 0.15) is 32.6 Å². The maximum absolute atomic E-state index is 11.7. The molecule has 4 nitrogen and oxygen atoms in total. The van der Waals surface area contributed by atoms with Crippen LogP contribution in [0.4, 0.5) is 4.79 Å². The molecular formula is C12H22N2O2S. The van der Waals surface area contributed by atoms with Crippen molar-refractivity contribution < 1.29 is 9.90 Å². The molecule has 0 bridgehead atoms. The molecule has 2 amide bonds. The molecule has 0 aromatic carbocycles. The van der Waals surface area contributed by atoms with Gasteiger partial charge in [-0.2, -0.15) is 11.8 Å². The second-order valence-electron chi connectivity index (χ2n) is 5.33. The summed E-state index contributed by atoms with van der Waals surface area (Å²) in [6, 6.07) is 0.103. The Labute approximate surface area is 107 Å². The Bertz CT molecular complexity index is 276. The van der Waals surface area contributed by atoms with Crippen molar-refractivity contribution in [3.8, 4) is 0 Å². The third-order valence-electron chi connectivity index (χ3n) is 3.88. The molecule has 0 radical (unpaired) electrons. The maximum Gasteiger partial charge on any atom is 0.315 e. The van der Waals surface area contributed by atoms with Crippen molar-refractivity contribution in [1.82, 2.24) is 10.6 Å². The van der Waals surface area contributed by atoms with Crippen molar-refractivity contribution in [2.24, 2.45) is 5.92 Å². The van der Waals surface area contributed by atoms with Gasteiger partial charge in [0, 0.05) is 18.3 Å². The van der Waals surface area contributed by atoms with Gasteiger partial charge >= 0.3 is 6.03 Å². The fourth-order valence-corrected chi connectivity index (χ4v) is 3.59. The summed E-state index contributed by atoms with van der Waals surface area (Å²) in [5, 5.41) is 15.8. The lowest BCUT2D eigenvalue weighted by atomic mass is 9.80. The summed E-state index contributed by atoms with van der Waals surface area (Å²) in [5.41, 5.74) is -0.693. The quantitative estimate of drug-likeness (QED) is 0.713. The Kier molecular flexibility index (Phi) is 4.20. The van der Waals surface area contributed by atoms with Gasteiger partial charge in [-0.05, 0) is 37.9 Å². The van der Waals surface area contributed by atoms with Gasteiger partial charge in [0.2, 0.25) is 0 Å². The zero-order valence-electron chi connectivity index (χ0n) is 10.4. The number of thioether (sulfide) groups is 1. The van der Waals surface area contributed by atoms with Crippen LogP contribution in [0.3, 0.4) is 0 Å². The second-order valence-corrected chi connectivity index (χ2v) is 6.44. The van der Waals surface area contributed by atoms with Crippen LogP contribution in [-0.4, -0.2) is 40.8 Å². The van der Waals surface area contributed by atoms with Crippen molar-refractivity contribution in [3.63, 3.8) is 0 Å². The number of rotatable bonds is 4. The number of carbonyl (C=O) groups excluding carboxylic acids is 1. The molecule has 2 fully saturated rings. The average Bonchev–Trinajstić information content (AvgIpc) is 2.60. The molecule has 1 aliphatic heterocycles. The van der Waals surface area contributed by atoms with Crippen LogP contribution in [0.5, 0.6) is 0 Å². The fourth-order valence-electron chi connectivity index (χ4n) is 2.30. The molecule has 98 valence electrons. The van der Waals surface area contributed by atoms with Crippen LogP contribution < -0.4 is 10.6 Å². The molecule has 2 atom stereocenters. The summed E-state index contributed by atoms with van der Waals surface area (Å²) in [7, 11) is 0. The molecule has 3 N–H and O–H groups in total. The van der Waals surface area contributed by atoms with Crippen molar-refractivity contribution in [1.29, 1.82) is 0 Å². The lowest BCUT2D eigenvalue weighted by molar-refractivity contribution is 0.0696. The summed E-state index contributed by atoms with van der Waals surface area (Å²) in [6.45, 7) is 2.42. The van der Waals surface area contributed by atoms with Gasteiger partial charge in [-0.15, -0.1) is 0 Å². The van der Waals surface area contributed by atoms with E-state index >= 15 is 0 Å². The minimum absolute atomic E-state index is 0.144. The number of nitrogens with one attached hydrogen (secondary N) is 2. The van der Waals surface area contributed by atoms with Crippen molar-refractivity contribution in [2.45, 2.75) is 44.2 Å². The van der Waals surface area contributed by atoms with Gasteiger partial charge in [0.25, 0.3) is 0 Å². The van der Waals surface area contributed by atoms with Gasteiger partial charge in [-0.1, -0.05) is 6.42 Å². The van der Waals surface area contributed by atoms with E-state index in [1.54, 1.807) is 11.8 Å². The molecule has 0 spiro atoms. The fraction of sp³-hybridized carbons (Fsp3) is 0.917. The number of carbonyl (C=O) groups is 1. The molecule has 1 saturated heterocycles. The highest BCUT2D eigenvalue weighted by atomic mass is 32.2. The van der Waals surface area contributed by atoms with Crippen molar-refractivity contribution >= 4 is 17.8 Å². The Morgan fingerprint density at radius 2 is 2.35 bits per heavy atom. The van der Waals surface area contributed by atoms with E-state index in [1.807, 2.05) is 0 Å². The molecule has 0 aromatic heterocycles. The number of urea groups is 1. The van der Waals surface area contributed by atoms with Crippen LogP contribution in [0.25, 0.3) is 0 Å². The van der Waals surface area contributed by atoms with E-state index in [1.165, 1.54) is 19.3 Å². The SMILES string of the molecule is CC(NC(=O)NCC1(O)CCSC1)C1CCC1. The van der Waals surface area contributed by atoms with Gasteiger partial charge in [0.1, 0.15) is 0 Å². The van der Waals surface area contributed by atoms with Gasteiger partial charge in [0.15, 0.2) is 0 Å². The Morgan fingerprint density at radius 1 is 1.59 bits per heavy atom. The summed E-state index contributed by atoms with van der Waals surface area (Å²) >= 11 is 1.74. The van der Waals surface area contributed by atoms with E-state index in [0.29, 0.717) is 12.5 Å². The Morgan fingerprint density at radius 3 is 2.88 bits per heavy atom. The topological polar surface area (TPSA) is 61.4 Å². The van der Waals surface area contributed by atoms with Crippen LogP contribution in [0.15, 0.2) is 0 Å². The maximum atomic E-state index is 11.7. The monoisotopic (exact) mass is 258 g/mol. The van der Waals surface area contributed by atoms with Crippen LogP contribution >= 0.6 is 11.8 Å². The van der Waals surface area contributed by atoms with Crippen LogP contribution in [0, 0.1) is 5.92 Å². The van der Waals surface area contributed by atoms with E-state index in [9.17, 15) is 9.90 Å².